The van der Waals surface area contributed by atoms with E-state index in [0.29, 0.717) is 19.3 Å². The van der Waals surface area contributed by atoms with Gasteiger partial charge in [0, 0.05) is 33.0 Å². The molecule has 0 spiro atoms. The van der Waals surface area contributed by atoms with Gasteiger partial charge in [-0.05, 0) is 19.3 Å². The number of aliphatic hydroxyl groups is 12. The van der Waals surface area contributed by atoms with E-state index in [1.807, 2.05) is 0 Å². The lowest BCUT2D eigenvalue weighted by atomic mass is 9.72. The second kappa shape index (κ2) is 15.5. The van der Waals surface area contributed by atoms with Crippen LogP contribution in [0.4, 0.5) is 0 Å². The highest BCUT2D eigenvalue weighted by molar-refractivity contribution is 5.00. The summed E-state index contributed by atoms with van der Waals surface area (Å²) in [5.41, 5.74) is 0. The minimum atomic E-state index is -1.75. The standard InChI is InChI=1S/C29H50O17/c1-40-15-3-10(4-16(41-2)20(15)33)27-17(7-12-13(32)5-11(31)6-14(12)43-27)44-29-26(39)24(37)22(35)19(46-29)9-42-28-25(38)23(36)21(34)18(8-30)45-28/h10-39H,3-9H2,1-2H3/p+1. The lowest BCUT2D eigenvalue weighted by molar-refractivity contribution is -0.363. The highest BCUT2D eigenvalue weighted by Gasteiger charge is 2.56. The summed E-state index contributed by atoms with van der Waals surface area (Å²) in [6.07, 6.45) is -19.4. The van der Waals surface area contributed by atoms with E-state index < -0.39 is 117 Å². The van der Waals surface area contributed by atoms with Crippen molar-refractivity contribution in [1.82, 2.24) is 0 Å². The van der Waals surface area contributed by atoms with Crippen molar-refractivity contribution in [3.05, 3.63) is 0 Å². The van der Waals surface area contributed by atoms with Crippen molar-refractivity contribution in [3.63, 3.8) is 0 Å². The molecule has 0 bridgehead atoms. The largest absolute Gasteiger partial charge is 0.427 e. The van der Waals surface area contributed by atoms with Crippen molar-refractivity contribution < 1.29 is 84.2 Å². The fourth-order valence-corrected chi connectivity index (χ4v) is 7.73. The first-order chi connectivity index (χ1) is 21.9. The van der Waals surface area contributed by atoms with Gasteiger partial charge in [-0.2, -0.15) is 0 Å². The van der Waals surface area contributed by atoms with Crippen LogP contribution in [0, 0.1) is 11.8 Å². The van der Waals surface area contributed by atoms with Crippen molar-refractivity contribution in [2.75, 3.05) is 27.4 Å². The first-order valence-electron chi connectivity index (χ1n) is 15.9. The third kappa shape index (κ3) is 7.41. The first kappa shape index (κ1) is 36.6. The molecule has 46 heavy (non-hydrogen) atoms. The SMILES string of the molecule is COC1CC(C2[OH+]C3CC(O)CC(O)C3CC2OC2OC(COC3OC(CO)C(O)C(O)C3O)C(O)C(O)C2O)CC(OC)C1O. The molecule has 18 atom stereocenters. The minimum Gasteiger partial charge on any atom is -0.427 e. The van der Waals surface area contributed by atoms with Crippen LogP contribution in [0.2, 0.25) is 0 Å². The summed E-state index contributed by atoms with van der Waals surface area (Å²) in [5.74, 6) is -0.598. The zero-order valence-corrected chi connectivity index (χ0v) is 25.9. The van der Waals surface area contributed by atoms with Gasteiger partial charge in [0.15, 0.2) is 24.8 Å². The van der Waals surface area contributed by atoms with E-state index in [-0.39, 0.29) is 30.8 Å². The van der Waals surface area contributed by atoms with E-state index >= 15 is 0 Å². The van der Waals surface area contributed by atoms with Crippen LogP contribution in [0.1, 0.15) is 32.1 Å². The Labute approximate surface area is 266 Å². The smallest absolute Gasteiger partial charge is 0.187 e. The van der Waals surface area contributed by atoms with Crippen LogP contribution in [0.5, 0.6) is 0 Å². The van der Waals surface area contributed by atoms with Gasteiger partial charge >= 0.3 is 0 Å². The number of hydrogen-bond acceptors (Lipinski definition) is 16. The van der Waals surface area contributed by atoms with Crippen LogP contribution >= 0.6 is 0 Å². The van der Waals surface area contributed by atoms with E-state index in [0.717, 1.165) is 0 Å². The van der Waals surface area contributed by atoms with Gasteiger partial charge in [-0.15, -0.1) is 0 Å². The predicted octanol–water partition coefficient (Wildman–Crippen LogP) is -5.40. The molecule has 0 aromatic heterocycles. The summed E-state index contributed by atoms with van der Waals surface area (Å²) >= 11 is 0. The zero-order chi connectivity index (χ0) is 33.4. The van der Waals surface area contributed by atoms with Crippen molar-refractivity contribution in [1.29, 1.82) is 0 Å². The molecule has 17 heteroatoms. The molecule has 17 nitrogen and oxygen atoms in total. The van der Waals surface area contributed by atoms with Crippen LogP contribution in [-0.4, -0.2) is 193 Å². The number of hydrogen-bond donors (Lipinski definition) is 10. The Bertz CT molecular complexity index is 947. The van der Waals surface area contributed by atoms with Gasteiger partial charge < -0.3 is 84.2 Å². The molecule has 11 N–H and O–H groups in total. The maximum absolute atomic E-state index is 10.9. The molecule has 268 valence electrons. The molecule has 18 unspecified atom stereocenters. The molecule has 2 aliphatic carbocycles. The second-order valence-electron chi connectivity index (χ2n) is 13.3. The Morgan fingerprint density at radius 2 is 1.22 bits per heavy atom. The molecule has 5 aliphatic rings. The maximum atomic E-state index is 10.9. The minimum absolute atomic E-state index is 0.173. The van der Waals surface area contributed by atoms with Crippen LogP contribution in [0.15, 0.2) is 0 Å². The Hall–Kier alpha value is -0.680. The first-order valence-corrected chi connectivity index (χ1v) is 15.9. The summed E-state index contributed by atoms with van der Waals surface area (Å²) in [6.45, 7) is -1.19. The van der Waals surface area contributed by atoms with Gasteiger partial charge in [0.25, 0.3) is 0 Å². The van der Waals surface area contributed by atoms with Crippen molar-refractivity contribution >= 4 is 0 Å². The highest BCUT2D eigenvalue weighted by Crippen LogP contribution is 2.43. The third-order valence-corrected chi connectivity index (χ3v) is 10.4. The van der Waals surface area contributed by atoms with E-state index in [1.165, 1.54) is 14.2 Å². The number of rotatable bonds is 9. The summed E-state index contributed by atoms with van der Waals surface area (Å²) in [6, 6.07) is 0. The summed E-state index contributed by atoms with van der Waals surface area (Å²) < 4.78 is 39.2. The molecule has 3 saturated heterocycles. The molecule has 0 aromatic rings. The van der Waals surface area contributed by atoms with Crippen molar-refractivity contribution in [3.8, 4) is 0 Å². The Morgan fingerprint density at radius 1 is 0.630 bits per heavy atom. The summed E-state index contributed by atoms with van der Waals surface area (Å²) in [5, 5.41) is 104. The maximum Gasteiger partial charge on any atom is 0.187 e. The quantitative estimate of drug-likeness (QED) is 0.103. The average Bonchev–Trinajstić information content (AvgIpc) is 3.04. The van der Waals surface area contributed by atoms with Gasteiger partial charge in [-0.1, -0.05) is 0 Å². The van der Waals surface area contributed by atoms with Gasteiger partial charge in [0.2, 0.25) is 0 Å². The number of fused-ring (bicyclic) bond motifs is 1. The molecule has 0 aromatic carbocycles. The Morgan fingerprint density at radius 3 is 1.83 bits per heavy atom. The van der Waals surface area contributed by atoms with Crippen molar-refractivity contribution in [2.24, 2.45) is 11.8 Å². The fourth-order valence-electron chi connectivity index (χ4n) is 7.73. The van der Waals surface area contributed by atoms with Gasteiger partial charge in [-0.25, -0.2) is 0 Å². The molecule has 5 rings (SSSR count). The van der Waals surface area contributed by atoms with Crippen molar-refractivity contribution in [2.45, 2.75) is 142 Å². The third-order valence-electron chi connectivity index (χ3n) is 10.4. The van der Waals surface area contributed by atoms with Gasteiger partial charge in [0.1, 0.15) is 61.0 Å². The van der Waals surface area contributed by atoms with E-state index in [2.05, 4.69) is 0 Å². The fraction of sp³-hybridized carbons (Fsp3) is 1.00. The Kier molecular flexibility index (Phi) is 12.3. The lowest BCUT2D eigenvalue weighted by Gasteiger charge is -2.49. The Balaban J connectivity index is 1.32. The highest BCUT2D eigenvalue weighted by atomic mass is 16.7. The number of ether oxygens (including phenoxy) is 7. The molecular formula is C29H51O17+. The average molecular weight is 672 g/mol. The number of aliphatic hydroxyl groups excluding tert-OH is 10. The van der Waals surface area contributed by atoms with Crippen LogP contribution in [-0.2, 0) is 28.4 Å². The molecule has 5 fully saturated rings. The number of methoxy groups -OCH3 is 2. The van der Waals surface area contributed by atoms with Gasteiger partial charge in [0.05, 0.1) is 43.5 Å². The normalized spacial score (nSPS) is 53.5. The second-order valence-corrected chi connectivity index (χ2v) is 13.3. The van der Waals surface area contributed by atoms with Crippen LogP contribution < -0.4 is 0 Å². The summed E-state index contributed by atoms with van der Waals surface area (Å²) in [7, 11) is 2.98. The monoisotopic (exact) mass is 671 g/mol. The summed E-state index contributed by atoms with van der Waals surface area (Å²) in [4.78, 5) is 0. The van der Waals surface area contributed by atoms with E-state index in [4.69, 9.17) is 33.2 Å². The van der Waals surface area contributed by atoms with E-state index in [1.54, 1.807) is 0 Å². The van der Waals surface area contributed by atoms with Gasteiger partial charge in [-0.3, -0.25) is 0 Å². The molecule has 3 aliphatic heterocycles. The predicted molar refractivity (Wildman–Crippen MR) is 151 cm³/mol. The van der Waals surface area contributed by atoms with E-state index in [9.17, 15) is 51.1 Å². The molecule has 0 radical (unpaired) electrons. The van der Waals surface area contributed by atoms with Crippen LogP contribution in [0.3, 0.4) is 0 Å². The molecule has 0 amide bonds. The lowest BCUT2D eigenvalue weighted by Crippen LogP contribution is -2.64. The zero-order valence-electron chi connectivity index (χ0n) is 25.9. The van der Waals surface area contributed by atoms with Crippen LogP contribution in [0.25, 0.3) is 0 Å². The topological polar surface area (TPSA) is 270 Å². The molecular weight excluding hydrogens is 620 g/mol. The molecule has 3 heterocycles. The molecule has 2 saturated carbocycles.